The summed E-state index contributed by atoms with van der Waals surface area (Å²) in [6.07, 6.45) is 2.18. The zero-order valence-electron chi connectivity index (χ0n) is 16.4. The molecule has 0 atom stereocenters. The van der Waals surface area contributed by atoms with E-state index in [2.05, 4.69) is 97.2 Å². The number of allylic oxidation sites excluding steroid dienone is 1. The fourth-order valence-corrected chi connectivity index (χ4v) is 4.91. The van der Waals surface area contributed by atoms with Crippen LogP contribution in [0, 0.1) is 6.92 Å². The number of pyridine rings is 2. The monoisotopic (exact) mass is 361 g/mol. The highest BCUT2D eigenvalue weighted by Gasteiger charge is 2.23. The molecule has 3 aromatic carbocycles. The van der Waals surface area contributed by atoms with Gasteiger partial charge in [0.15, 0.2) is 6.20 Å². The van der Waals surface area contributed by atoms with E-state index in [0.717, 1.165) is 5.57 Å². The lowest BCUT2D eigenvalue weighted by Gasteiger charge is -2.14. The van der Waals surface area contributed by atoms with Gasteiger partial charge in [-0.2, -0.15) is 0 Å². The summed E-state index contributed by atoms with van der Waals surface area (Å²) in [6.45, 7) is 8.52. The SMILES string of the molecule is C=C(C)c1cc2cc[n+](C)c3c4c(C)ccc5c6ccccc6n(c(c1)c23)c54. The summed E-state index contributed by atoms with van der Waals surface area (Å²) in [5, 5.41) is 6.56. The molecule has 2 nitrogen and oxygen atoms in total. The first-order chi connectivity index (χ1) is 13.6. The maximum absolute atomic E-state index is 4.21. The zero-order valence-corrected chi connectivity index (χ0v) is 16.4. The fourth-order valence-electron chi connectivity index (χ4n) is 4.91. The second-order valence-electron chi connectivity index (χ2n) is 8.02. The molecule has 6 aromatic rings. The molecule has 0 saturated heterocycles. The van der Waals surface area contributed by atoms with Gasteiger partial charge in [0, 0.05) is 16.8 Å². The summed E-state index contributed by atoms with van der Waals surface area (Å²) in [6, 6.07) is 20.1. The van der Waals surface area contributed by atoms with E-state index in [9.17, 15) is 0 Å². The molecule has 0 unspecified atom stereocenters. The van der Waals surface area contributed by atoms with Crippen LogP contribution in [0.1, 0.15) is 18.1 Å². The van der Waals surface area contributed by atoms with Gasteiger partial charge in [-0.05, 0) is 48.6 Å². The molecule has 0 bridgehead atoms. The van der Waals surface area contributed by atoms with Crippen LogP contribution in [0.2, 0.25) is 0 Å². The van der Waals surface area contributed by atoms with Crippen LogP contribution in [-0.4, -0.2) is 4.40 Å². The topological polar surface area (TPSA) is 8.29 Å². The van der Waals surface area contributed by atoms with Gasteiger partial charge >= 0.3 is 0 Å². The highest BCUT2D eigenvalue weighted by molar-refractivity contribution is 6.26. The second-order valence-corrected chi connectivity index (χ2v) is 8.02. The van der Waals surface area contributed by atoms with Gasteiger partial charge in [-0.1, -0.05) is 42.5 Å². The van der Waals surface area contributed by atoms with Crippen molar-refractivity contribution in [1.29, 1.82) is 0 Å². The normalized spacial score (nSPS) is 12.2. The molecule has 0 fully saturated rings. The van der Waals surface area contributed by atoms with Gasteiger partial charge in [0.1, 0.15) is 7.05 Å². The van der Waals surface area contributed by atoms with Gasteiger partial charge < -0.3 is 4.40 Å². The van der Waals surface area contributed by atoms with E-state index in [1.54, 1.807) is 0 Å². The van der Waals surface area contributed by atoms with E-state index in [0.29, 0.717) is 0 Å². The Morgan fingerprint density at radius 3 is 2.57 bits per heavy atom. The fraction of sp³-hybridized carbons (Fsp3) is 0.115. The van der Waals surface area contributed by atoms with E-state index in [4.69, 9.17) is 0 Å². The highest BCUT2D eigenvalue weighted by atomic mass is 14.9. The average Bonchev–Trinajstić information content (AvgIpc) is 3.03. The molecule has 0 N–H and O–H groups in total. The average molecular weight is 361 g/mol. The molecule has 0 spiro atoms. The van der Waals surface area contributed by atoms with Crippen LogP contribution < -0.4 is 4.57 Å². The Balaban J connectivity index is 2.11. The maximum atomic E-state index is 4.21. The Hall–Kier alpha value is -3.39. The highest BCUT2D eigenvalue weighted by Crippen LogP contribution is 2.41. The van der Waals surface area contributed by atoms with E-state index in [1.165, 1.54) is 60.1 Å². The van der Waals surface area contributed by atoms with Crippen molar-refractivity contribution in [3.8, 4) is 0 Å². The molecule has 0 amide bonds. The van der Waals surface area contributed by atoms with E-state index >= 15 is 0 Å². The first kappa shape index (κ1) is 15.6. The van der Waals surface area contributed by atoms with Gasteiger partial charge in [0.05, 0.1) is 27.3 Å². The molecule has 2 heteroatoms. The van der Waals surface area contributed by atoms with Crippen LogP contribution >= 0.6 is 0 Å². The zero-order chi connectivity index (χ0) is 19.2. The molecule has 3 heterocycles. The molecule has 0 aliphatic carbocycles. The van der Waals surface area contributed by atoms with Gasteiger partial charge in [-0.3, -0.25) is 0 Å². The minimum atomic E-state index is 1.09. The van der Waals surface area contributed by atoms with Crippen LogP contribution in [-0.2, 0) is 7.05 Å². The lowest BCUT2D eigenvalue weighted by atomic mass is 9.97. The van der Waals surface area contributed by atoms with E-state index in [1.807, 2.05) is 0 Å². The molecule has 0 aliphatic heterocycles. The number of hydrogen-bond donors (Lipinski definition) is 0. The third kappa shape index (κ3) is 1.75. The number of para-hydroxylation sites is 1. The summed E-state index contributed by atoms with van der Waals surface area (Å²) in [4.78, 5) is 0. The predicted molar refractivity (Wildman–Crippen MR) is 119 cm³/mol. The summed E-state index contributed by atoms with van der Waals surface area (Å²) in [7, 11) is 2.15. The second kappa shape index (κ2) is 5.11. The lowest BCUT2D eigenvalue weighted by molar-refractivity contribution is -0.643. The van der Waals surface area contributed by atoms with Crippen LogP contribution in [0.4, 0.5) is 0 Å². The molecule has 0 saturated carbocycles. The summed E-state index contributed by atoms with van der Waals surface area (Å²) in [5.41, 5.74) is 8.75. The minimum Gasteiger partial charge on any atom is -0.307 e. The number of nitrogens with zero attached hydrogens (tertiary/aromatic N) is 2. The molecular weight excluding hydrogens is 340 g/mol. The van der Waals surface area contributed by atoms with Crippen molar-refractivity contribution in [2.24, 2.45) is 7.05 Å². The van der Waals surface area contributed by atoms with Gasteiger partial charge in [0.2, 0.25) is 5.52 Å². The van der Waals surface area contributed by atoms with Gasteiger partial charge in [-0.15, -0.1) is 0 Å². The predicted octanol–water partition coefficient (Wildman–Crippen LogP) is 6.16. The maximum Gasteiger partial charge on any atom is 0.224 e. The van der Waals surface area contributed by atoms with Crippen LogP contribution in [0.25, 0.3) is 54.6 Å². The van der Waals surface area contributed by atoms with Crippen molar-refractivity contribution in [2.75, 3.05) is 0 Å². The standard InChI is InChI=1S/C26H21N2/c1-15(2)18-13-17-11-12-27(4)26-23-16(3)9-10-20-19-7-5-6-8-21(19)28(25(20)23)22(14-18)24(17)26/h5-14H,1H2,2-4H3/q+1. The van der Waals surface area contributed by atoms with E-state index < -0.39 is 0 Å². The smallest absolute Gasteiger partial charge is 0.224 e. The molecule has 28 heavy (non-hydrogen) atoms. The number of aryl methyl sites for hydroxylation is 2. The third-order valence-electron chi connectivity index (χ3n) is 6.23. The molecular formula is C26H21N2+. The number of benzene rings is 3. The first-order valence-electron chi connectivity index (χ1n) is 9.72. The van der Waals surface area contributed by atoms with Gasteiger partial charge in [-0.25, -0.2) is 4.57 Å². The number of hydrogen-bond acceptors (Lipinski definition) is 0. The Bertz CT molecular complexity index is 1600. The molecule has 134 valence electrons. The third-order valence-corrected chi connectivity index (χ3v) is 6.23. The largest absolute Gasteiger partial charge is 0.307 e. The summed E-state index contributed by atoms with van der Waals surface area (Å²) < 4.78 is 4.74. The Morgan fingerprint density at radius 2 is 1.75 bits per heavy atom. The lowest BCUT2D eigenvalue weighted by Crippen LogP contribution is -2.28. The molecule has 0 aliphatic rings. The molecule has 6 rings (SSSR count). The Morgan fingerprint density at radius 1 is 0.929 bits per heavy atom. The van der Waals surface area contributed by atoms with Gasteiger partial charge in [0.25, 0.3) is 0 Å². The van der Waals surface area contributed by atoms with Crippen molar-refractivity contribution in [3.05, 3.63) is 78.5 Å². The quantitative estimate of drug-likeness (QED) is 0.188. The van der Waals surface area contributed by atoms with Crippen molar-refractivity contribution in [1.82, 2.24) is 4.40 Å². The number of fused-ring (bicyclic) bond motifs is 5. The minimum absolute atomic E-state index is 1.09. The number of rotatable bonds is 1. The van der Waals surface area contributed by atoms with Crippen LogP contribution in [0.15, 0.2) is 67.4 Å². The number of aromatic nitrogens is 2. The van der Waals surface area contributed by atoms with Crippen molar-refractivity contribution in [3.63, 3.8) is 0 Å². The molecule has 0 radical (unpaired) electrons. The van der Waals surface area contributed by atoms with Crippen LogP contribution in [0.5, 0.6) is 0 Å². The van der Waals surface area contributed by atoms with Crippen molar-refractivity contribution >= 4 is 54.6 Å². The Kier molecular flexibility index (Phi) is 2.85. The molecule has 3 aromatic heterocycles. The summed E-state index contributed by atoms with van der Waals surface area (Å²) >= 11 is 0. The van der Waals surface area contributed by atoms with Crippen LogP contribution in [0.3, 0.4) is 0 Å². The first-order valence-corrected chi connectivity index (χ1v) is 9.72. The summed E-state index contributed by atoms with van der Waals surface area (Å²) in [5.74, 6) is 0. The van der Waals surface area contributed by atoms with Crippen molar-refractivity contribution in [2.45, 2.75) is 13.8 Å². The Labute approximate surface area is 163 Å². The van der Waals surface area contributed by atoms with Crippen molar-refractivity contribution < 1.29 is 4.57 Å². The van der Waals surface area contributed by atoms with E-state index in [-0.39, 0.29) is 0 Å².